The van der Waals surface area contributed by atoms with E-state index >= 15 is 0 Å². The van der Waals surface area contributed by atoms with E-state index in [0.29, 0.717) is 18.3 Å². The highest BCUT2D eigenvalue weighted by Gasteiger charge is 2.51. The van der Waals surface area contributed by atoms with Crippen molar-refractivity contribution >= 4 is 0 Å². The average molecular weight is 420 g/mol. The third-order valence-corrected chi connectivity index (χ3v) is 7.50. The first-order chi connectivity index (χ1) is 14.9. The van der Waals surface area contributed by atoms with Crippen LogP contribution in [0.3, 0.4) is 0 Å². The minimum Gasteiger partial charge on any atom is -0.388 e. The zero-order valence-electron chi connectivity index (χ0n) is 19.2. The first-order valence-corrected chi connectivity index (χ1v) is 11.8. The minimum atomic E-state index is -0.568. The van der Waals surface area contributed by atoms with Crippen LogP contribution in [0.1, 0.15) is 75.5 Å². The molecule has 1 N–H and O–H groups in total. The second-order valence-corrected chi connectivity index (χ2v) is 9.99. The van der Waals surface area contributed by atoms with E-state index in [0.717, 1.165) is 24.1 Å². The molecule has 0 aromatic heterocycles. The van der Waals surface area contributed by atoms with E-state index in [2.05, 4.69) is 74.7 Å². The highest BCUT2D eigenvalue weighted by Crippen LogP contribution is 2.50. The molecule has 3 heteroatoms. The number of aliphatic hydroxyl groups is 1. The zero-order valence-corrected chi connectivity index (χ0v) is 19.2. The Kier molecular flexibility index (Phi) is 6.66. The van der Waals surface area contributed by atoms with Gasteiger partial charge in [0, 0.05) is 23.6 Å². The second kappa shape index (κ2) is 9.28. The number of ether oxygens (including phenoxy) is 1. The maximum absolute atomic E-state index is 10.9. The molecule has 4 rings (SSSR count). The molecule has 3 nitrogen and oxygen atoms in total. The van der Waals surface area contributed by atoms with Crippen LogP contribution in [0.2, 0.25) is 0 Å². The van der Waals surface area contributed by atoms with Gasteiger partial charge in [0.15, 0.2) is 0 Å². The molecule has 0 radical (unpaired) electrons. The van der Waals surface area contributed by atoms with Crippen molar-refractivity contribution in [3.05, 3.63) is 83.9 Å². The summed E-state index contributed by atoms with van der Waals surface area (Å²) in [6, 6.07) is 18.9. The lowest BCUT2D eigenvalue weighted by atomic mass is 9.69. The molecule has 1 aliphatic heterocycles. The number of nitrogens with zero attached hydrogens (tertiary/aromatic N) is 1. The molecule has 1 saturated carbocycles. The Morgan fingerprint density at radius 1 is 1.13 bits per heavy atom. The van der Waals surface area contributed by atoms with Gasteiger partial charge in [-0.05, 0) is 50.2 Å². The van der Waals surface area contributed by atoms with E-state index in [1.807, 2.05) is 12.1 Å². The number of hydrogen-bond acceptors (Lipinski definition) is 3. The van der Waals surface area contributed by atoms with Crippen LogP contribution in [0.15, 0.2) is 67.3 Å². The lowest BCUT2D eigenvalue weighted by Gasteiger charge is -2.57. The summed E-state index contributed by atoms with van der Waals surface area (Å²) in [4.78, 5) is 2.53. The van der Waals surface area contributed by atoms with Crippen molar-refractivity contribution < 1.29 is 9.84 Å². The molecule has 0 amide bonds. The molecular weight excluding hydrogens is 382 g/mol. The molecule has 1 saturated heterocycles. The Hall–Kier alpha value is -1.94. The maximum Gasteiger partial charge on any atom is 0.138 e. The topological polar surface area (TPSA) is 32.7 Å². The van der Waals surface area contributed by atoms with Crippen molar-refractivity contribution in [1.29, 1.82) is 0 Å². The van der Waals surface area contributed by atoms with Crippen LogP contribution in [0, 0.1) is 11.8 Å². The SMILES string of the molecule is C=CC[C@@H](O)c1ccccc1[C@@H]1O[C@@H]2C[C@H](C)CC[C@H]2C(C)(C)N1Cc1ccccc1. The molecule has 2 aromatic rings. The van der Waals surface area contributed by atoms with Gasteiger partial charge in [0.1, 0.15) is 6.23 Å². The van der Waals surface area contributed by atoms with Gasteiger partial charge in [-0.1, -0.05) is 74.0 Å². The maximum atomic E-state index is 10.9. The Morgan fingerprint density at radius 3 is 2.58 bits per heavy atom. The van der Waals surface area contributed by atoms with E-state index < -0.39 is 6.10 Å². The lowest BCUT2D eigenvalue weighted by molar-refractivity contribution is -0.241. The highest BCUT2D eigenvalue weighted by atomic mass is 16.5. The van der Waals surface area contributed by atoms with Crippen molar-refractivity contribution in [2.75, 3.05) is 0 Å². The molecule has 2 aromatic carbocycles. The Balaban J connectivity index is 1.77. The van der Waals surface area contributed by atoms with Crippen molar-refractivity contribution in [2.24, 2.45) is 11.8 Å². The molecule has 2 fully saturated rings. The van der Waals surface area contributed by atoms with Gasteiger partial charge in [-0.25, -0.2) is 0 Å². The van der Waals surface area contributed by atoms with Crippen molar-refractivity contribution in [2.45, 2.75) is 77.0 Å². The largest absolute Gasteiger partial charge is 0.388 e. The molecule has 1 heterocycles. The van der Waals surface area contributed by atoms with Gasteiger partial charge in [-0.2, -0.15) is 0 Å². The quantitative estimate of drug-likeness (QED) is 0.549. The van der Waals surface area contributed by atoms with Gasteiger partial charge >= 0.3 is 0 Å². The highest BCUT2D eigenvalue weighted by molar-refractivity contribution is 5.32. The van der Waals surface area contributed by atoms with Crippen LogP contribution in [0.5, 0.6) is 0 Å². The molecule has 0 spiro atoms. The number of aliphatic hydroxyl groups excluding tert-OH is 1. The summed E-state index contributed by atoms with van der Waals surface area (Å²) in [5, 5.41) is 10.9. The van der Waals surface area contributed by atoms with E-state index in [1.54, 1.807) is 6.08 Å². The van der Waals surface area contributed by atoms with E-state index in [1.165, 1.54) is 18.4 Å². The van der Waals surface area contributed by atoms with Crippen molar-refractivity contribution in [3.63, 3.8) is 0 Å². The van der Waals surface area contributed by atoms with Gasteiger partial charge in [-0.15, -0.1) is 6.58 Å². The predicted molar refractivity (Wildman–Crippen MR) is 126 cm³/mol. The smallest absolute Gasteiger partial charge is 0.138 e. The fourth-order valence-electron chi connectivity index (χ4n) is 5.67. The summed E-state index contributed by atoms with van der Waals surface area (Å²) < 4.78 is 6.93. The number of rotatable bonds is 6. The molecule has 31 heavy (non-hydrogen) atoms. The molecule has 0 unspecified atom stereocenters. The van der Waals surface area contributed by atoms with Crippen LogP contribution in [0.25, 0.3) is 0 Å². The summed E-state index contributed by atoms with van der Waals surface area (Å²) in [7, 11) is 0. The molecule has 0 bridgehead atoms. The fraction of sp³-hybridized carbons (Fsp3) is 0.500. The van der Waals surface area contributed by atoms with E-state index in [4.69, 9.17) is 4.74 Å². The first-order valence-electron chi connectivity index (χ1n) is 11.8. The van der Waals surface area contributed by atoms with Crippen LogP contribution in [0.4, 0.5) is 0 Å². The van der Waals surface area contributed by atoms with Gasteiger partial charge in [-0.3, -0.25) is 4.90 Å². The van der Waals surface area contributed by atoms with Gasteiger partial charge < -0.3 is 9.84 Å². The van der Waals surface area contributed by atoms with Crippen molar-refractivity contribution in [1.82, 2.24) is 4.90 Å². The summed E-state index contributed by atoms with van der Waals surface area (Å²) in [6.07, 6.45) is 5.41. The van der Waals surface area contributed by atoms with Gasteiger partial charge in [0.25, 0.3) is 0 Å². The third-order valence-electron chi connectivity index (χ3n) is 7.50. The fourth-order valence-corrected chi connectivity index (χ4v) is 5.67. The summed E-state index contributed by atoms with van der Waals surface area (Å²) in [5.41, 5.74) is 3.30. The summed E-state index contributed by atoms with van der Waals surface area (Å²) >= 11 is 0. The number of fused-ring (bicyclic) bond motifs is 1. The normalized spacial score (nSPS) is 29.2. The Morgan fingerprint density at radius 2 is 1.84 bits per heavy atom. The van der Waals surface area contributed by atoms with Crippen LogP contribution >= 0.6 is 0 Å². The van der Waals surface area contributed by atoms with Crippen LogP contribution < -0.4 is 0 Å². The molecule has 166 valence electrons. The van der Waals surface area contributed by atoms with E-state index in [9.17, 15) is 5.11 Å². The van der Waals surface area contributed by atoms with Gasteiger partial charge in [0.05, 0.1) is 12.2 Å². The summed E-state index contributed by atoms with van der Waals surface area (Å²) in [5.74, 6) is 1.20. The third kappa shape index (κ3) is 4.50. The Bertz CT molecular complexity index is 878. The standard InChI is InChI=1S/C28H37NO2/c1-5-11-25(30)22-14-9-10-15-23(22)27-29(19-21-12-7-6-8-13-21)28(3,4)24-17-16-20(2)18-26(24)31-27/h5-10,12-15,20,24-27,30H,1,11,16-19H2,2-4H3/t20-,24-,25-,26-,27+/m1/s1. The average Bonchev–Trinajstić information content (AvgIpc) is 2.76. The molecule has 1 aliphatic carbocycles. The second-order valence-electron chi connectivity index (χ2n) is 9.99. The van der Waals surface area contributed by atoms with Crippen LogP contribution in [-0.2, 0) is 11.3 Å². The molecule has 2 aliphatic rings. The van der Waals surface area contributed by atoms with E-state index in [-0.39, 0.29) is 17.9 Å². The number of benzene rings is 2. The van der Waals surface area contributed by atoms with Crippen LogP contribution in [-0.4, -0.2) is 21.6 Å². The predicted octanol–water partition coefficient (Wildman–Crippen LogP) is 6.41. The molecular formula is C28H37NO2. The van der Waals surface area contributed by atoms with Gasteiger partial charge in [0.2, 0.25) is 0 Å². The summed E-state index contributed by atoms with van der Waals surface area (Å²) in [6.45, 7) is 11.8. The Labute approximate surface area is 187 Å². The number of hydrogen-bond donors (Lipinski definition) is 1. The minimum absolute atomic E-state index is 0.0138. The first kappa shape index (κ1) is 22.3. The monoisotopic (exact) mass is 419 g/mol. The van der Waals surface area contributed by atoms with Crippen molar-refractivity contribution in [3.8, 4) is 0 Å². The molecule has 5 atom stereocenters. The zero-order chi connectivity index (χ0) is 22.0. The lowest BCUT2D eigenvalue weighted by Crippen LogP contribution is -2.61.